The molecule has 0 unspecified atom stereocenters. The zero-order valence-corrected chi connectivity index (χ0v) is 12.9. The van der Waals surface area contributed by atoms with Crippen molar-refractivity contribution in [3.63, 3.8) is 0 Å². The molecular weight excluding hydrogens is 346 g/mol. The number of rotatable bonds is 4. The van der Waals surface area contributed by atoms with Gasteiger partial charge in [-0.25, -0.2) is 9.78 Å². The number of esters is 1. The highest BCUT2D eigenvalue weighted by molar-refractivity contribution is 9.10. The summed E-state index contributed by atoms with van der Waals surface area (Å²) in [7, 11) is 1.56. The first-order valence-corrected chi connectivity index (χ1v) is 6.89. The number of halogens is 2. The first-order chi connectivity index (χ1) is 9.61. The summed E-state index contributed by atoms with van der Waals surface area (Å²) >= 11 is 9.20. The Morgan fingerprint density at radius 1 is 1.40 bits per heavy atom. The topological polar surface area (TPSA) is 48.4 Å². The van der Waals surface area contributed by atoms with Gasteiger partial charge in [-0.2, -0.15) is 0 Å². The molecule has 0 amide bonds. The van der Waals surface area contributed by atoms with Crippen molar-refractivity contribution in [2.45, 2.75) is 6.61 Å². The predicted molar refractivity (Wildman–Crippen MR) is 79.1 cm³/mol. The molecule has 20 heavy (non-hydrogen) atoms. The second-order valence-corrected chi connectivity index (χ2v) is 5.15. The fraction of sp³-hybridized carbons (Fsp3) is 0.143. The highest BCUT2D eigenvalue weighted by Crippen LogP contribution is 2.24. The van der Waals surface area contributed by atoms with E-state index in [9.17, 15) is 4.79 Å². The van der Waals surface area contributed by atoms with Gasteiger partial charge in [-0.05, 0) is 30.3 Å². The lowest BCUT2D eigenvalue weighted by atomic mass is 10.2. The van der Waals surface area contributed by atoms with Crippen molar-refractivity contribution >= 4 is 33.5 Å². The number of pyridine rings is 1. The Morgan fingerprint density at radius 3 is 2.90 bits per heavy atom. The van der Waals surface area contributed by atoms with Gasteiger partial charge in [0.15, 0.2) is 0 Å². The highest BCUT2D eigenvalue weighted by Gasteiger charge is 2.13. The SMILES string of the molecule is COc1ccc(Br)cc1COC(=O)c1cccnc1Cl. The third-order valence-electron chi connectivity index (χ3n) is 2.58. The van der Waals surface area contributed by atoms with Gasteiger partial charge in [0.1, 0.15) is 17.5 Å². The number of benzene rings is 1. The summed E-state index contributed by atoms with van der Waals surface area (Å²) < 4.78 is 11.3. The van der Waals surface area contributed by atoms with E-state index in [4.69, 9.17) is 21.1 Å². The molecular formula is C14H11BrClNO3. The van der Waals surface area contributed by atoms with Gasteiger partial charge in [0.2, 0.25) is 0 Å². The summed E-state index contributed by atoms with van der Waals surface area (Å²) in [5, 5.41) is 0.124. The standard InChI is InChI=1S/C14H11BrClNO3/c1-19-12-5-4-10(15)7-9(12)8-20-14(18)11-3-2-6-17-13(11)16/h2-7H,8H2,1H3. The van der Waals surface area contributed by atoms with Crippen molar-refractivity contribution < 1.29 is 14.3 Å². The van der Waals surface area contributed by atoms with E-state index in [1.807, 2.05) is 12.1 Å². The van der Waals surface area contributed by atoms with E-state index in [0.29, 0.717) is 5.75 Å². The van der Waals surface area contributed by atoms with Gasteiger partial charge in [-0.1, -0.05) is 27.5 Å². The maximum atomic E-state index is 11.9. The van der Waals surface area contributed by atoms with E-state index in [1.54, 1.807) is 25.3 Å². The van der Waals surface area contributed by atoms with Crippen molar-refractivity contribution in [2.24, 2.45) is 0 Å². The molecule has 1 heterocycles. The third kappa shape index (κ3) is 3.49. The van der Waals surface area contributed by atoms with Crippen LogP contribution in [-0.4, -0.2) is 18.1 Å². The molecule has 0 spiro atoms. The number of carbonyl (C=O) groups is 1. The molecule has 0 saturated carbocycles. The molecule has 0 aliphatic heterocycles. The van der Waals surface area contributed by atoms with Crippen molar-refractivity contribution in [2.75, 3.05) is 7.11 Å². The fourth-order valence-corrected chi connectivity index (χ4v) is 2.22. The Hall–Kier alpha value is -1.59. The zero-order chi connectivity index (χ0) is 14.5. The Bertz CT molecular complexity index is 634. The number of hydrogen-bond donors (Lipinski definition) is 0. The van der Waals surface area contributed by atoms with Gasteiger partial charge in [-0.15, -0.1) is 0 Å². The summed E-state index contributed by atoms with van der Waals surface area (Å²) in [5.41, 5.74) is 0.998. The molecule has 0 saturated heterocycles. The Labute approximate surface area is 129 Å². The molecule has 1 aromatic carbocycles. The van der Waals surface area contributed by atoms with E-state index < -0.39 is 5.97 Å². The normalized spacial score (nSPS) is 10.2. The van der Waals surface area contributed by atoms with Crippen LogP contribution >= 0.6 is 27.5 Å². The van der Waals surface area contributed by atoms with Crippen LogP contribution in [0.3, 0.4) is 0 Å². The van der Waals surface area contributed by atoms with Gasteiger partial charge in [0, 0.05) is 16.2 Å². The second kappa shape index (κ2) is 6.72. The van der Waals surface area contributed by atoms with Crippen LogP contribution < -0.4 is 4.74 Å². The number of hydrogen-bond acceptors (Lipinski definition) is 4. The Kier molecular flexibility index (Phi) is 4.98. The number of ether oxygens (including phenoxy) is 2. The number of nitrogens with zero attached hydrogens (tertiary/aromatic N) is 1. The average Bonchev–Trinajstić information content (AvgIpc) is 2.45. The van der Waals surface area contributed by atoms with Crippen LogP contribution in [0.25, 0.3) is 0 Å². The van der Waals surface area contributed by atoms with Crippen molar-refractivity contribution in [1.29, 1.82) is 0 Å². The smallest absolute Gasteiger partial charge is 0.341 e. The molecule has 0 fully saturated rings. The number of methoxy groups -OCH3 is 1. The largest absolute Gasteiger partial charge is 0.496 e. The molecule has 0 aliphatic carbocycles. The minimum atomic E-state index is -0.523. The maximum absolute atomic E-state index is 11.9. The lowest BCUT2D eigenvalue weighted by molar-refractivity contribution is 0.0470. The van der Waals surface area contributed by atoms with Crippen LogP contribution in [-0.2, 0) is 11.3 Å². The summed E-state index contributed by atoms with van der Waals surface area (Å²) in [6, 6.07) is 8.67. The zero-order valence-electron chi connectivity index (χ0n) is 10.6. The molecule has 1 aromatic heterocycles. The van der Waals surface area contributed by atoms with Crippen LogP contribution in [0.4, 0.5) is 0 Å². The molecule has 0 radical (unpaired) electrons. The first kappa shape index (κ1) is 14.8. The van der Waals surface area contributed by atoms with E-state index >= 15 is 0 Å². The van der Waals surface area contributed by atoms with Crippen molar-refractivity contribution in [1.82, 2.24) is 4.98 Å². The van der Waals surface area contributed by atoms with Gasteiger partial charge in [-0.3, -0.25) is 0 Å². The van der Waals surface area contributed by atoms with E-state index in [1.165, 1.54) is 6.20 Å². The molecule has 0 bridgehead atoms. The van der Waals surface area contributed by atoms with E-state index in [-0.39, 0.29) is 17.3 Å². The van der Waals surface area contributed by atoms with E-state index in [2.05, 4.69) is 20.9 Å². The molecule has 2 rings (SSSR count). The second-order valence-electron chi connectivity index (χ2n) is 3.87. The first-order valence-electron chi connectivity index (χ1n) is 5.72. The van der Waals surface area contributed by atoms with Crippen LogP contribution in [0.15, 0.2) is 41.0 Å². The lowest BCUT2D eigenvalue weighted by Crippen LogP contribution is -2.07. The van der Waals surface area contributed by atoms with Crippen LogP contribution in [0, 0.1) is 0 Å². The minimum Gasteiger partial charge on any atom is -0.496 e. The van der Waals surface area contributed by atoms with Crippen molar-refractivity contribution in [3.8, 4) is 5.75 Å². The monoisotopic (exact) mass is 355 g/mol. The molecule has 4 nitrogen and oxygen atoms in total. The Balaban J connectivity index is 2.11. The van der Waals surface area contributed by atoms with Crippen LogP contribution in [0.1, 0.15) is 15.9 Å². The molecule has 6 heteroatoms. The molecule has 0 aliphatic rings. The van der Waals surface area contributed by atoms with Crippen LogP contribution in [0.2, 0.25) is 5.15 Å². The maximum Gasteiger partial charge on any atom is 0.341 e. The summed E-state index contributed by atoms with van der Waals surface area (Å²) in [5.74, 6) is 0.128. The minimum absolute atomic E-state index is 0.0900. The van der Waals surface area contributed by atoms with Gasteiger partial charge in [0.05, 0.1) is 12.7 Å². The third-order valence-corrected chi connectivity index (χ3v) is 3.37. The quantitative estimate of drug-likeness (QED) is 0.616. The molecule has 2 aromatic rings. The average molecular weight is 357 g/mol. The molecule has 104 valence electrons. The predicted octanol–water partition coefficient (Wildman–Crippen LogP) is 3.86. The molecule has 0 atom stereocenters. The number of carbonyl (C=O) groups excluding carboxylic acids is 1. The molecule has 0 N–H and O–H groups in total. The fourth-order valence-electron chi connectivity index (χ4n) is 1.62. The van der Waals surface area contributed by atoms with Crippen molar-refractivity contribution in [3.05, 3.63) is 57.3 Å². The van der Waals surface area contributed by atoms with Crippen LogP contribution in [0.5, 0.6) is 5.75 Å². The number of aromatic nitrogens is 1. The summed E-state index contributed by atoms with van der Waals surface area (Å²) in [4.78, 5) is 15.8. The Morgan fingerprint density at radius 2 is 2.20 bits per heavy atom. The lowest BCUT2D eigenvalue weighted by Gasteiger charge is -2.10. The highest BCUT2D eigenvalue weighted by atomic mass is 79.9. The summed E-state index contributed by atoms with van der Waals surface area (Å²) in [6.07, 6.45) is 1.51. The van der Waals surface area contributed by atoms with Gasteiger partial charge in [0.25, 0.3) is 0 Å². The van der Waals surface area contributed by atoms with Gasteiger partial charge < -0.3 is 9.47 Å². The van der Waals surface area contributed by atoms with E-state index in [0.717, 1.165) is 10.0 Å². The summed E-state index contributed by atoms with van der Waals surface area (Å²) in [6.45, 7) is 0.0900. The van der Waals surface area contributed by atoms with Gasteiger partial charge >= 0.3 is 5.97 Å².